The molecule has 230 valence electrons. The van der Waals surface area contributed by atoms with Crippen LogP contribution in [0.25, 0.3) is 0 Å². The van der Waals surface area contributed by atoms with E-state index in [2.05, 4.69) is 5.32 Å². The SMILES string of the molecule is C[C@H](/C=C/CC(=O)N(CCO)Cc1ccccc1)[C@@]1(O)C(=O)N(Cc2cccc(NC(=O)c3ccccc3)c2)c2ccccc21. The van der Waals surface area contributed by atoms with Crippen molar-refractivity contribution >= 4 is 29.1 Å². The van der Waals surface area contributed by atoms with E-state index < -0.39 is 17.4 Å². The summed E-state index contributed by atoms with van der Waals surface area (Å²) in [4.78, 5) is 42.8. The Morgan fingerprint density at radius 2 is 1.58 bits per heavy atom. The van der Waals surface area contributed by atoms with Crippen molar-refractivity contribution in [3.63, 3.8) is 0 Å². The maximum Gasteiger partial charge on any atom is 0.264 e. The number of amides is 3. The quantitative estimate of drug-likeness (QED) is 0.191. The Balaban J connectivity index is 1.29. The number of hydrogen-bond acceptors (Lipinski definition) is 5. The van der Waals surface area contributed by atoms with Crippen molar-refractivity contribution in [3.8, 4) is 0 Å². The van der Waals surface area contributed by atoms with Crippen LogP contribution in [-0.4, -0.2) is 46.0 Å². The lowest BCUT2D eigenvalue weighted by Gasteiger charge is -2.28. The highest BCUT2D eigenvalue weighted by Crippen LogP contribution is 2.45. The molecule has 1 heterocycles. The van der Waals surface area contributed by atoms with E-state index in [0.29, 0.717) is 29.0 Å². The van der Waals surface area contributed by atoms with E-state index in [0.717, 1.165) is 11.1 Å². The van der Waals surface area contributed by atoms with Gasteiger partial charge < -0.3 is 25.3 Å². The van der Waals surface area contributed by atoms with Crippen LogP contribution in [0.15, 0.2) is 121 Å². The largest absolute Gasteiger partial charge is 0.395 e. The maximum absolute atomic E-state index is 13.9. The zero-order valence-electron chi connectivity index (χ0n) is 25.2. The number of rotatable bonds is 12. The van der Waals surface area contributed by atoms with Gasteiger partial charge in [-0.15, -0.1) is 0 Å². The highest BCUT2D eigenvalue weighted by Gasteiger charge is 2.52. The summed E-state index contributed by atoms with van der Waals surface area (Å²) >= 11 is 0. The fourth-order valence-corrected chi connectivity index (χ4v) is 5.64. The average molecular weight is 604 g/mol. The number of aliphatic hydroxyl groups is 2. The molecule has 8 heteroatoms. The van der Waals surface area contributed by atoms with Crippen LogP contribution in [-0.2, 0) is 28.3 Å². The molecule has 0 aromatic heterocycles. The first-order valence-corrected chi connectivity index (χ1v) is 15.0. The first kappa shape index (κ1) is 31.4. The van der Waals surface area contributed by atoms with Crippen LogP contribution in [0.4, 0.5) is 11.4 Å². The minimum atomic E-state index is -1.83. The number of nitrogens with one attached hydrogen (secondary N) is 1. The van der Waals surface area contributed by atoms with Crippen LogP contribution in [0.5, 0.6) is 0 Å². The number of carbonyl (C=O) groups excluding carboxylic acids is 3. The lowest BCUT2D eigenvalue weighted by Crippen LogP contribution is -2.44. The van der Waals surface area contributed by atoms with E-state index in [1.165, 1.54) is 0 Å². The molecule has 8 nitrogen and oxygen atoms in total. The number of nitrogens with zero attached hydrogens (tertiary/aromatic N) is 2. The van der Waals surface area contributed by atoms with Crippen molar-refractivity contribution in [1.82, 2.24) is 4.90 Å². The summed E-state index contributed by atoms with van der Waals surface area (Å²) in [5, 5.41) is 24.4. The molecule has 0 fully saturated rings. The van der Waals surface area contributed by atoms with Crippen LogP contribution in [0.3, 0.4) is 0 Å². The molecular weight excluding hydrogens is 566 g/mol. The fourth-order valence-electron chi connectivity index (χ4n) is 5.64. The number of aliphatic hydroxyl groups excluding tert-OH is 1. The molecule has 0 unspecified atom stereocenters. The van der Waals surface area contributed by atoms with Gasteiger partial charge in [0.15, 0.2) is 5.60 Å². The normalized spacial score (nSPS) is 16.4. The Hall–Kier alpha value is -5.05. The maximum atomic E-state index is 13.9. The van der Waals surface area contributed by atoms with Crippen LogP contribution >= 0.6 is 0 Å². The third-order valence-electron chi connectivity index (χ3n) is 8.05. The number of fused-ring (bicyclic) bond motifs is 1. The molecule has 0 aliphatic carbocycles. The average Bonchev–Trinajstić information content (AvgIpc) is 3.28. The third kappa shape index (κ3) is 7.03. The van der Waals surface area contributed by atoms with E-state index in [1.807, 2.05) is 66.7 Å². The fraction of sp³-hybridized carbons (Fsp3) is 0.216. The van der Waals surface area contributed by atoms with E-state index in [9.17, 15) is 24.6 Å². The van der Waals surface area contributed by atoms with E-state index in [1.54, 1.807) is 71.3 Å². The van der Waals surface area contributed by atoms with E-state index in [-0.39, 0.29) is 37.9 Å². The minimum Gasteiger partial charge on any atom is -0.395 e. The topological polar surface area (TPSA) is 110 Å². The zero-order valence-corrected chi connectivity index (χ0v) is 25.2. The Bertz CT molecular complexity index is 1670. The van der Waals surface area contributed by atoms with Gasteiger partial charge in [-0.2, -0.15) is 0 Å². The molecule has 0 bridgehead atoms. The Morgan fingerprint density at radius 3 is 2.31 bits per heavy atom. The second-order valence-corrected chi connectivity index (χ2v) is 11.1. The number of carbonyl (C=O) groups is 3. The summed E-state index contributed by atoms with van der Waals surface area (Å²) < 4.78 is 0. The highest BCUT2D eigenvalue weighted by atomic mass is 16.3. The molecule has 3 N–H and O–H groups in total. The lowest BCUT2D eigenvalue weighted by molar-refractivity contribution is -0.139. The Morgan fingerprint density at radius 1 is 0.911 bits per heavy atom. The van der Waals surface area contributed by atoms with Crippen molar-refractivity contribution in [2.24, 2.45) is 5.92 Å². The van der Waals surface area contributed by atoms with E-state index >= 15 is 0 Å². The number of para-hydroxylation sites is 1. The van der Waals surface area contributed by atoms with Crippen molar-refractivity contribution in [1.29, 1.82) is 0 Å². The molecule has 5 rings (SSSR count). The molecular formula is C37H37N3O5. The smallest absolute Gasteiger partial charge is 0.264 e. The van der Waals surface area contributed by atoms with Crippen LogP contribution in [0.2, 0.25) is 0 Å². The summed E-state index contributed by atoms with van der Waals surface area (Å²) in [6.07, 6.45) is 3.45. The molecule has 4 aromatic rings. The second-order valence-electron chi connectivity index (χ2n) is 11.1. The summed E-state index contributed by atoms with van der Waals surface area (Å²) in [5.41, 5.74) is 2.16. The standard InChI is InChI=1S/C37H37N3O5/c1-27(12-10-21-34(42)39(22-23-41)25-28-13-4-2-5-14-28)37(45)32-19-8-9-20-33(32)40(36(37)44)26-29-15-11-18-31(24-29)38-35(43)30-16-6-3-7-17-30/h2-20,24,27,41,45H,21-23,25-26H2,1H3,(H,38,43)/b12-10+/t27-,37+/m1/s1. The van der Waals surface area contributed by atoms with Gasteiger partial charge in [-0.3, -0.25) is 14.4 Å². The molecule has 0 saturated heterocycles. The molecule has 1 aliphatic heterocycles. The van der Waals surface area contributed by atoms with Gasteiger partial charge in [-0.05, 0) is 41.5 Å². The first-order chi connectivity index (χ1) is 21.8. The minimum absolute atomic E-state index is 0.0638. The summed E-state index contributed by atoms with van der Waals surface area (Å²) in [6, 6.07) is 32.9. The van der Waals surface area contributed by atoms with Gasteiger partial charge in [0.05, 0.1) is 18.8 Å². The second kappa shape index (κ2) is 14.2. The van der Waals surface area contributed by atoms with Gasteiger partial charge in [0.1, 0.15) is 0 Å². The molecule has 0 radical (unpaired) electrons. The molecule has 45 heavy (non-hydrogen) atoms. The van der Waals surface area contributed by atoms with Crippen molar-refractivity contribution in [3.05, 3.63) is 144 Å². The predicted molar refractivity (Wildman–Crippen MR) is 174 cm³/mol. The third-order valence-corrected chi connectivity index (χ3v) is 8.05. The van der Waals surface area contributed by atoms with Crippen molar-refractivity contribution in [2.75, 3.05) is 23.4 Å². The summed E-state index contributed by atoms with van der Waals surface area (Å²) in [6.45, 7) is 2.39. The Labute approximate surface area is 263 Å². The van der Waals surface area contributed by atoms with Gasteiger partial charge in [-0.25, -0.2) is 0 Å². The van der Waals surface area contributed by atoms with Crippen LogP contribution < -0.4 is 10.2 Å². The zero-order chi connectivity index (χ0) is 31.8. The monoisotopic (exact) mass is 603 g/mol. The highest BCUT2D eigenvalue weighted by molar-refractivity contribution is 6.07. The van der Waals surface area contributed by atoms with Crippen LogP contribution in [0, 0.1) is 5.92 Å². The summed E-state index contributed by atoms with van der Waals surface area (Å²) in [7, 11) is 0. The van der Waals surface area contributed by atoms with Gasteiger partial charge in [-0.1, -0.05) is 97.9 Å². The van der Waals surface area contributed by atoms with Gasteiger partial charge in [0.25, 0.3) is 11.8 Å². The Kier molecular flexibility index (Phi) is 9.87. The number of hydrogen-bond donors (Lipinski definition) is 3. The number of benzene rings is 4. The summed E-state index contributed by atoms with van der Waals surface area (Å²) in [5.74, 6) is -1.50. The predicted octanol–water partition coefficient (Wildman–Crippen LogP) is 5.28. The number of anilines is 2. The van der Waals surface area contributed by atoms with Crippen LogP contribution in [0.1, 0.15) is 40.4 Å². The van der Waals surface area contributed by atoms with Gasteiger partial charge >= 0.3 is 0 Å². The lowest BCUT2D eigenvalue weighted by atomic mass is 9.83. The molecule has 2 atom stereocenters. The molecule has 1 aliphatic rings. The molecule has 3 amide bonds. The van der Waals surface area contributed by atoms with Crippen molar-refractivity contribution in [2.45, 2.75) is 32.0 Å². The van der Waals surface area contributed by atoms with E-state index in [4.69, 9.17) is 0 Å². The molecule has 4 aromatic carbocycles. The van der Waals surface area contributed by atoms with Gasteiger partial charge in [0.2, 0.25) is 5.91 Å². The molecule has 0 spiro atoms. The molecule has 0 saturated carbocycles. The van der Waals surface area contributed by atoms with Gasteiger partial charge in [0, 0.05) is 42.2 Å². The first-order valence-electron chi connectivity index (χ1n) is 15.0. The van der Waals surface area contributed by atoms with Crippen molar-refractivity contribution < 1.29 is 24.6 Å².